The fourth-order valence-electron chi connectivity index (χ4n) is 1.99. The minimum Gasteiger partial charge on any atom is -0.497 e. The van der Waals surface area contributed by atoms with E-state index in [4.69, 9.17) is 14.2 Å². The number of hydrazone groups is 1. The Labute approximate surface area is 127 Å². The molecule has 22 heavy (non-hydrogen) atoms. The van der Waals surface area contributed by atoms with Crippen LogP contribution < -0.4 is 19.6 Å². The lowest BCUT2D eigenvalue weighted by Gasteiger charge is -2.03. The second kappa shape index (κ2) is 6.17. The number of hydrogen-bond acceptors (Lipinski definition) is 5. The molecule has 0 bridgehead atoms. The Morgan fingerprint density at radius 1 is 1.23 bits per heavy atom. The van der Waals surface area contributed by atoms with Gasteiger partial charge in [-0.05, 0) is 42.0 Å². The van der Waals surface area contributed by atoms with Crippen LogP contribution in [0.25, 0.3) is 0 Å². The van der Waals surface area contributed by atoms with E-state index in [2.05, 4.69) is 10.5 Å². The first-order chi connectivity index (χ1) is 10.8. The quantitative estimate of drug-likeness (QED) is 0.694. The van der Waals surface area contributed by atoms with Gasteiger partial charge in [-0.3, -0.25) is 4.79 Å². The molecule has 0 aliphatic carbocycles. The number of rotatable bonds is 4. The van der Waals surface area contributed by atoms with E-state index >= 15 is 0 Å². The average Bonchev–Trinajstić information content (AvgIpc) is 3.02. The summed E-state index contributed by atoms with van der Waals surface area (Å²) in [5, 5.41) is 3.94. The zero-order valence-electron chi connectivity index (χ0n) is 11.9. The first-order valence-electron chi connectivity index (χ1n) is 6.63. The molecule has 1 heterocycles. The molecular formula is C16H14N2O4. The minimum atomic E-state index is -0.309. The standard InChI is InChI=1S/C16H14N2O4/c1-20-13-4-2-3-12(8-13)16(19)18-17-9-11-5-6-14-15(7-11)22-10-21-14/h2-9H,10H2,1H3,(H,18,19)/b17-9-. The van der Waals surface area contributed by atoms with E-state index in [-0.39, 0.29) is 12.7 Å². The number of carbonyl (C=O) groups is 1. The molecule has 0 fully saturated rings. The van der Waals surface area contributed by atoms with E-state index < -0.39 is 0 Å². The summed E-state index contributed by atoms with van der Waals surface area (Å²) in [4.78, 5) is 12.0. The summed E-state index contributed by atoms with van der Waals surface area (Å²) in [6.07, 6.45) is 1.54. The van der Waals surface area contributed by atoms with Gasteiger partial charge in [-0.2, -0.15) is 5.10 Å². The monoisotopic (exact) mass is 298 g/mol. The smallest absolute Gasteiger partial charge is 0.271 e. The lowest BCUT2D eigenvalue weighted by Crippen LogP contribution is -2.17. The molecule has 0 saturated heterocycles. The molecule has 3 rings (SSSR count). The molecule has 1 amide bonds. The van der Waals surface area contributed by atoms with Gasteiger partial charge in [0.2, 0.25) is 6.79 Å². The molecule has 0 unspecified atom stereocenters. The van der Waals surface area contributed by atoms with Crippen molar-refractivity contribution >= 4 is 12.1 Å². The van der Waals surface area contributed by atoms with E-state index in [0.717, 1.165) is 5.56 Å². The van der Waals surface area contributed by atoms with Crippen molar-refractivity contribution in [2.75, 3.05) is 13.9 Å². The molecule has 0 radical (unpaired) electrons. The molecule has 112 valence electrons. The van der Waals surface area contributed by atoms with Crippen molar-refractivity contribution in [2.45, 2.75) is 0 Å². The Kier molecular flexibility index (Phi) is 3.91. The van der Waals surface area contributed by atoms with Crippen molar-refractivity contribution in [2.24, 2.45) is 5.10 Å². The molecular weight excluding hydrogens is 284 g/mol. The number of benzene rings is 2. The van der Waals surface area contributed by atoms with Crippen LogP contribution in [-0.2, 0) is 0 Å². The van der Waals surface area contributed by atoms with Crippen LogP contribution in [0.1, 0.15) is 15.9 Å². The first kappa shape index (κ1) is 13.9. The van der Waals surface area contributed by atoms with Gasteiger partial charge in [0.15, 0.2) is 11.5 Å². The fraction of sp³-hybridized carbons (Fsp3) is 0.125. The van der Waals surface area contributed by atoms with E-state index in [0.29, 0.717) is 22.8 Å². The molecule has 0 spiro atoms. The van der Waals surface area contributed by atoms with E-state index in [9.17, 15) is 4.79 Å². The van der Waals surface area contributed by atoms with Crippen molar-refractivity contribution in [3.8, 4) is 17.2 Å². The van der Waals surface area contributed by atoms with Gasteiger partial charge in [-0.1, -0.05) is 6.07 Å². The second-order valence-electron chi connectivity index (χ2n) is 4.54. The van der Waals surface area contributed by atoms with Crippen LogP contribution in [0.15, 0.2) is 47.6 Å². The number of methoxy groups -OCH3 is 1. The van der Waals surface area contributed by atoms with Crippen LogP contribution in [0.4, 0.5) is 0 Å². The lowest BCUT2D eigenvalue weighted by molar-refractivity contribution is 0.0955. The van der Waals surface area contributed by atoms with Gasteiger partial charge < -0.3 is 14.2 Å². The van der Waals surface area contributed by atoms with Gasteiger partial charge in [0.05, 0.1) is 13.3 Å². The minimum absolute atomic E-state index is 0.225. The van der Waals surface area contributed by atoms with Gasteiger partial charge in [0, 0.05) is 5.56 Å². The molecule has 1 N–H and O–H groups in total. The Morgan fingerprint density at radius 3 is 2.95 bits per heavy atom. The largest absolute Gasteiger partial charge is 0.497 e. The first-order valence-corrected chi connectivity index (χ1v) is 6.63. The lowest BCUT2D eigenvalue weighted by atomic mass is 10.2. The summed E-state index contributed by atoms with van der Waals surface area (Å²) in [7, 11) is 1.55. The van der Waals surface area contributed by atoms with Gasteiger partial charge in [0.1, 0.15) is 5.75 Å². The van der Waals surface area contributed by atoms with Crippen LogP contribution in [0.3, 0.4) is 0 Å². The van der Waals surface area contributed by atoms with Gasteiger partial charge >= 0.3 is 0 Å². The summed E-state index contributed by atoms with van der Waals surface area (Å²) in [5.74, 6) is 1.68. The summed E-state index contributed by atoms with van der Waals surface area (Å²) in [5.41, 5.74) is 3.74. The Morgan fingerprint density at radius 2 is 2.09 bits per heavy atom. The van der Waals surface area contributed by atoms with E-state index in [1.807, 2.05) is 6.07 Å². The second-order valence-corrected chi connectivity index (χ2v) is 4.54. The van der Waals surface area contributed by atoms with Gasteiger partial charge in [0.25, 0.3) is 5.91 Å². The van der Waals surface area contributed by atoms with Crippen LogP contribution in [0, 0.1) is 0 Å². The number of nitrogens with one attached hydrogen (secondary N) is 1. The highest BCUT2D eigenvalue weighted by molar-refractivity contribution is 5.95. The Balaban J connectivity index is 1.65. The van der Waals surface area contributed by atoms with Crippen LogP contribution in [0.5, 0.6) is 17.2 Å². The SMILES string of the molecule is COc1cccc(C(=O)N/N=C\c2ccc3c(c2)OCO3)c1. The summed E-state index contributed by atoms with van der Waals surface area (Å²) >= 11 is 0. The number of amides is 1. The molecule has 1 aliphatic rings. The van der Waals surface area contributed by atoms with Crippen LogP contribution >= 0.6 is 0 Å². The maximum absolute atomic E-state index is 12.0. The molecule has 6 nitrogen and oxygen atoms in total. The van der Waals surface area contributed by atoms with Gasteiger partial charge in [-0.25, -0.2) is 5.43 Å². The Bertz CT molecular complexity index is 728. The normalized spacial score (nSPS) is 12.4. The number of hydrogen-bond donors (Lipinski definition) is 1. The maximum atomic E-state index is 12.0. The summed E-state index contributed by atoms with van der Waals surface area (Å²) in [6, 6.07) is 12.3. The highest BCUT2D eigenvalue weighted by Gasteiger charge is 2.12. The zero-order chi connectivity index (χ0) is 15.4. The zero-order valence-corrected chi connectivity index (χ0v) is 11.9. The highest BCUT2D eigenvalue weighted by Crippen LogP contribution is 2.31. The molecule has 0 saturated carbocycles. The predicted octanol–water partition coefficient (Wildman–Crippen LogP) is 2.19. The van der Waals surface area contributed by atoms with Gasteiger partial charge in [-0.15, -0.1) is 0 Å². The summed E-state index contributed by atoms with van der Waals surface area (Å²) < 4.78 is 15.6. The molecule has 1 aliphatic heterocycles. The summed E-state index contributed by atoms with van der Waals surface area (Å²) in [6.45, 7) is 0.225. The van der Waals surface area contributed by atoms with Crippen LogP contribution in [-0.4, -0.2) is 26.0 Å². The molecule has 2 aromatic rings. The van der Waals surface area contributed by atoms with E-state index in [1.54, 1.807) is 49.7 Å². The third kappa shape index (κ3) is 3.01. The molecule has 6 heteroatoms. The fourth-order valence-corrected chi connectivity index (χ4v) is 1.99. The van der Waals surface area contributed by atoms with Crippen molar-refractivity contribution in [1.82, 2.24) is 5.43 Å². The number of ether oxygens (including phenoxy) is 3. The maximum Gasteiger partial charge on any atom is 0.271 e. The Hall–Kier alpha value is -3.02. The predicted molar refractivity (Wildman–Crippen MR) is 80.6 cm³/mol. The molecule has 0 aromatic heterocycles. The van der Waals surface area contributed by atoms with Crippen molar-refractivity contribution in [1.29, 1.82) is 0 Å². The number of fused-ring (bicyclic) bond motifs is 1. The van der Waals surface area contributed by atoms with Crippen molar-refractivity contribution in [3.05, 3.63) is 53.6 Å². The van der Waals surface area contributed by atoms with Crippen molar-refractivity contribution < 1.29 is 19.0 Å². The number of carbonyl (C=O) groups excluding carboxylic acids is 1. The third-order valence-corrected chi connectivity index (χ3v) is 3.11. The third-order valence-electron chi connectivity index (χ3n) is 3.11. The highest BCUT2D eigenvalue weighted by atomic mass is 16.7. The molecule has 0 atom stereocenters. The van der Waals surface area contributed by atoms with E-state index in [1.165, 1.54) is 0 Å². The van der Waals surface area contributed by atoms with Crippen molar-refractivity contribution in [3.63, 3.8) is 0 Å². The molecule has 2 aromatic carbocycles. The van der Waals surface area contributed by atoms with Crippen LogP contribution in [0.2, 0.25) is 0 Å². The topological polar surface area (TPSA) is 69.2 Å². The number of nitrogens with zero attached hydrogens (tertiary/aromatic N) is 1. The average molecular weight is 298 g/mol.